The molecule has 0 radical (unpaired) electrons. The Morgan fingerprint density at radius 1 is 1.29 bits per heavy atom. The van der Waals surface area contributed by atoms with Crippen molar-refractivity contribution in [2.45, 2.75) is 25.7 Å². The minimum atomic E-state index is -0.410. The molecule has 0 unspecified atom stereocenters. The lowest BCUT2D eigenvalue weighted by Gasteiger charge is -2.66. The summed E-state index contributed by atoms with van der Waals surface area (Å²) < 4.78 is 4.81. The van der Waals surface area contributed by atoms with Gasteiger partial charge in [-0.3, -0.25) is 9.59 Å². The van der Waals surface area contributed by atoms with Crippen LogP contribution in [-0.2, 0) is 20.7 Å². The molecular formula is C16H17N5O3. The molecule has 5 rings (SSSR count). The van der Waals surface area contributed by atoms with Crippen molar-refractivity contribution in [3.05, 3.63) is 35.7 Å². The maximum absolute atomic E-state index is 12.5. The summed E-state index contributed by atoms with van der Waals surface area (Å²) >= 11 is 0. The second kappa shape index (κ2) is 5.12. The van der Waals surface area contributed by atoms with E-state index < -0.39 is 10.8 Å². The first kappa shape index (κ1) is 14.8. The van der Waals surface area contributed by atoms with Crippen LogP contribution in [0.5, 0.6) is 0 Å². The van der Waals surface area contributed by atoms with Crippen LogP contribution in [0, 0.1) is 10.8 Å². The van der Waals surface area contributed by atoms with E-state index in [1.54, 1.807) is 0 Å². The highest BCUT2D eigenvalue weighted by atomic mass is 16.5. The van der Waals surface area contributed by atoms with Gasteiger partial charge in [-0.25, -0.2) is 0 Å². The number of tetrazole rings is 1. The number of anilines is 1. The molecule has 3 aliphatic rings. The third kappa shape index (κ3) is 2.17. The lowest BCUT2D eigenvalue weighted by atomic mass is 9.35. The molecule has 3 aliphatic carbocycles. The maximum atomic E-state index is 12.5. The van der Waals surface area contributed by atoms with Gasteiger partial charge in [0.05, 0.1) is 17.9 Å². The van der Waals surface area contributed by atoms with Gasteiger partial charge in [-0.15, -0.1) is 10.2 Å². The van der Waals surface area contributed by atoms with Crippen molar-refractivity contribution in [1.29, 1.82) is 0 Å². The summed E-state index contributed by atoms with van der Waals surface area (Å²) in [4.78, 5) is 24.2. The molecule has 1 heterocycles. The molecular weight excluding hydrogens is 310 g/mol. The van der Waals surface area contributed by atoms with E-state index in [9.17, 15) is 9.59 Å². The average Bonchev–Trinajstić information content (AvgIpc) is 2.97. The van der Waals surface area contributed by atoms with Crippen molar-refractivity contribution in [1.82, 2.24) is 20.6 Å². The molecule has 24 heavy (non-hydrogen) atoms. The summed E-state index contributed by atoms with van der Waals surface area (Å²) in [6, 6.07) is 7.57. The Bertz CT molecular complexity index is 782. The first-order valence-electron chi connectivity index (χ1n) is 7.76. The highest BCUT2D eigenvalue weighted by Gasteiger charge is 2.75. The van der Waals surface area contributed by atoms with E-state index in [1.807, 2.05) is 24.3 Å². The average molecular weight is 327 g/mol. The standard InChI is InChI=1S/C16H17N5O3/c1-24-14(23)16-7-15(8-16,9-16)13(22)17-11-4-2-3-10(5-11)6-12-18-20-21-19-12/h2-5H,6-9H2,1H3,(H,17,22)(H,18,19,20,21). The zero-order chi connectivity index (χ0) is 16.8. The van der Waals surface area contributed by atoms with Crippen LogP contribution in [0.15, 0.2) is 24.3 Å². The number of benzene rings is 1. The van der Waals surface area contributed by atoms with Gasteiger partial charge in [0.2, 0.25) is 5.91 Å². The molecule has 2 aromatic rings. The van der Waals surface area contributed by atoms with E-state index in [0.717, 1.165) is 11.3 Å². The quantitative estimate of drug-likeness (QED) is 0.795. The fourth-order valence-corrected chi connectivity index (χ4v) is 3.92. The summed E-state index contributed by atoms with van der Waals surface area (Å²) in [7, 11) is 1.39. The van der Waals surface area contributed by atoms with Crippen molar-refractivity contribution in [2.75, 3.05) is 12.4 Å². The smallest absolute Gasteiger partial charge is 0.311 e. The lowest BCUT2D eigenvalue weighted by molar-refractivity contribution is -0.220. The van der Waals surface area contributed by atoms with Gasteiger partial charge >= 0.3 is 5.97 Å². The molecule has 8 heteroatoms. The molecule has 0 aliphatic heterocycles. The Hall–Kier alpha value is -2.77. The molecule has 3 fully saturated rings. The third-order valence-corrected chi connectivity index (χ3v) is 5.07. The van der Waals surface area contributed by atoms with Crippen LogP contribution in [-0.4, -0.2) is 39.6 Å². The van der Waals surface area contributed by atoms with E-state index in [4.69, 9.17) is 4.74 Å². The van der Waals surface area contributed by atoms with E-state index in [1.165, 1.54) is 7.11 Å². The number of nitrogens with zero attached hydrogens (tertiary/aromatic N) is 3. The SMILES string of the molecule is COC(=O)C12CC(C(=O)Nc3cccc(Cc4nn[nH]n4)c3)(C1)C2. The van der Waals surface area contributed by atoms with Crippen molar-refractivity contribution in [3.8, 4) is 0 Å². The fraction of sp³-hybridized carbons (Fsp3) is 0.438. The van der Waals surface area contributed by atoms with Crippen LogP contribution in [0.25, 0.3) is 0 Å². The second-order valence-electron chi connectivity index (χ2n) is 6.74. The molecule has 1 aromatic carbocycles. The largest absolute Gasteiger partial charge is 0.469 e. The van der Waals surface area contributed by atoms with Gasteiger partial charge in [-0.2, -0.15) is 5.21 Å². The number of ether oxygens (including phenoxy) is 1. The summed E-state index contributed by atoms with van der Waals surface area (Å²) in [5.74, 6) is 0.377. The first-order valence-corrected chi connectivity index (χ1v) is 7.76. The number of hydrogen-bond donors (Lipinski definition) is 2. The Morgan fingerprint density at radius 3 is 2.75 bits per heavy atom. The highest BCUT2D eigenvalue weighted by Crippen LogP contribution is 2.73. The number of amides is 1. The Labute approximate surface area is 138 Å². The van der Waals surface area contributed by atoms with Gasteiger partial charge in [0.25, 0.3) is 0 Å². The molecule has 3 saturated carbocycles. The Balaban J connectivity index is 1.40. The number of hydrogen-bond acceptors (Lipinski definition) is 6. The Kier molecular flexibility index (Phi) is 3.16. The van der Waals surface area contributed by atoms with E-state index >= 15 is 0 Å². The van der Waals surface area contributed by atoms with Crippen LogP contribution in [0.1, 0.15) is 30.7 Å². The zero-order valence-electron chi connectivity index (χ0n) is 13.2. The van der Waals surface area contributed by atoms with Gasteiger partial charge in [0.15, 0.2) is 5.82 Å². The van der Waals surface area contributed by atoms with Crippen molar-refractivity contribution in [2.24, 2.45) is 10.8 Å². The number of methoxy groups -OCH3 is 1. The number of rotatable bonds is 5. The number of nitrogens with one attached hydrogen (secondary N) is 2. The number of carbonyl (C=O) groups is 2. The zero-order valence-corrected chi connectivity index (χ0v) is 13.2. The molecule has 124 valence electrons. The number of carbonyl (C=O) groups excluding carboxylic acids is 2. The normalized spacial score (nSPS) is 26.9. The van der Waals surface area contributed by atoms with Crippen LogP contribution in [0.3, 0.4) is 0 Å². The van der Waals surface area contributed by atoms with Gasteiger partial charge < -0.3 is 10.1 Å². The predicted octanol–water partition coefficient (Wildman–Crippen LogP) is 1.07. The molecule has 0 saturated heterocycles. The van der Waals surface area contributed by atoms with E-state index in [0.29, 0.717) is 31.5 Å². The summed E-state index contributed by atoms with van der Waals surface area (Å²) in [6.45, 7) is 0. The van der Waals surface area contributed by atoms with Crippen molar-refractivity contribution < 1.29 is 14.3 Å². The molecule has 0 spiro atoms. The van der Waals surface area contributed by atoms with Gasteiger partial charge in [-0.05, 0) is 37.0 Å². The van der Waals surface area contributed by atoms with Crippen LogP contribution in [0.4, 0.5) is 5.69 Å². The van der Waals surface area contributed by atoms with Gasteiger partial charge in [0, 0.05) is 12.1 Å². The maximum Gasteiger partial charge on any atom is 0.311 e. The van der Waals surface area contributed by atoms with E-state index in [2.05, 4.69) is 25.9 Å². The predicted molar refractivity (Wildman–Crippen MR) is 82.8 cm³/mol. The van der Waals surface area contributed by atoms with Crippen LogP contribution in [0.2, 0.25) is 0 Å². The summed E-state index contributed by atoms with van der Waals surface area (Å²) in [5, 5.41) is 16.8. The minimum absolute atomic E-state index is 0.0232. The molecule has 2 bridgehead atoms. The van der Waals surface area contributed by atoms with Crippen LogP contribution >= 0.6 is 0 Å². The monoisotopic (exact) mass is 327 g/mol. The molecule has 2 N–H and O–H groups in total. The Morgan fingerprint density at radius 2 is 2.08 bits per heavy atom. The van der Waals surface area contributed by atoms with E-state index in [-0.39, 0.29) is 11.9 Å². The van der Waals surface area contributed by atoms with Crippen molar-refractivity contribution >= 4 is 17.6 Å². The number of esters is 1. The van der Waals surface area contributed by atoms with Gasteiger partial charge in [0.1, 0.15) is 0 Å². The highest BCUT2D eigenvalue weighted by molar-refractivity contribution is 6.01. The number of aromatic nitrogens is 4. The lowest BCUT2D eigenvalue weighted by Crippen LogP contribution is -2.69. The minimum Gasteiger partial charge on any atom is -0.469 e. The molecule has 0 atom stereocenters. The van der Waals surface area contributed by atoms with Crippen LogP contribution < -0.4 is 5.32 Å². The molecule has 8 nitrogen and oxygen atoms in total. The summed E-state index contributed by atoms with van der Waals surface area (Å²) in [6.07, 6.45) is 2.29. The third-order valence-electron chi connectivity index (χ3n) is 5.07. The topological polar surface area (TPSA) is 110 Å². The number of aromatic amines is 1. The second-order valence-corrected chi connectivity index (χ2v) is 6.74. The number of H-pyrrole nitrogens is 1. The molecule has 1 aromatic heterocycles. The molecule has 1 amide bonds. The fourth-order valence-electron chi connectivity index (χ4n) is 3.92. The first-order chi connectivity index (χ1) is 11.6. The van der Waals surface area contributed by atoms with Gasteiger partial charge in [-0.1, -0.05) is 17.3 Å². The van der Waals surface area contributed by atoms with Crippen molar-refractivity contribution in [3.63, 3.8) is 0 Å². The summed E-state index contributed by atoms with van der Waals surface area (Å²) in [5.41, 5.74) is 0.903.